The molecule has 2 amide bonds. The highest BCUT2D eigenvalue weighted by atomic mass is 16.5. The summed E-state index contributed by atoms with van der Waals surface area (Å²) in [5.41, 5.74) is 0.639. The van der Waals surface area contributed by atoms with E-state index in [1.54, 1.807) is 18.3 Å². The van der Waals surface area contributed by atoms with Crippen LogP contribution in [0, 0.1) is 0 Å². The van der Waals surface area contributed by atoms with Gasteiger partial charge in [-0.1, -0.05) is 0 Å². The first-order chi connectivity index (χ1) is 10.5. The number of carbonyl (C=O) groups excluding carboxylic acids is 2. The Hall–Kier alpha value is -2.15. The molecule has 7 nitrogen and oxygen atoms in total. The second kappa shape index (κ2) is 7.74. The van der Waals surface area contributed by atoms with Gasteiger partial charge in [-0.3, -0.25) is 9.59 Å². The van der Waals surface area contributed by atoms with Crippen LogP contribution < -0.4 is 15.5 Å². The smallest absolute Gasteiger partial charge is 0.239 e. The Kier molecular flexibility index (Phi) is 5.71. The monoisotopic (exact) mass is 306 g/mol. The maximum absolute atomic E-state index is 11.7. The number of hydrogen-bond donors (Lipinski definition) is 2. The highest BCUT2D eigenvalue weighted by Crippen LogP contribution is 2.15. The molecule has 1 fully saturated rings. The van der Waals surface area contributed by atoms with E-state index in [1.165, 1.54) is 0 Å². The van der Waals surface area contributed by atoms with Crippen molar-refractivity contribution in [2.75, 3.05) is 36.5 Å². The highest BCUT2D eigenvalue weighted by molar-refractivity contribution is 5.90. The van der Waals surface area contributed by atoms with Crippen LogP contribution in [0.4, 0.5) is 11.5 Å². The maximum atomic E-state index is 11.7. The molecule has 1 saturated heterocycles. The van der Waals surface area contributed by atoms with Crippen molar-refractivity contribution in [3.63, 3.8) is 0 Å². The van der Waals surface area contributed by atoms with Gasteiger partial charge in [-0.25, -0.2) is 4.98 Å². The molecule has 0 unspecified atom stereocenters. The van der Waals surface area contributed by atoms with Crippen LogP contribution in [-0.4, -0.2) is 49.1 Å². The van der Waals surface area contributed by atoms with Gasteiger partial charge in [0, 0.05) is 13.1 Å². The molecule has 1 aliphatic heterocycles. The molecule has 0 aliphatic carbocycles. The first-order valence-electron chi connectivity index (χ1n) is 7.44. The number of hydrogen-bond acceptors (Lipinski definition) is 5. The Morgan fingerprint density at radius 2 is 2.32 bits per heavy atom. The largest absolute Gasteiger partial charge is 0.378 e. The predicted octanol–water partition coefficient (Wildman–Crippen LogP) is 0.771. The summed E-state index contributed by atoms with van der Waals surface area (Å²) < 4.78 is 5.34. The Morgan fingerprint density at radius 3 is 2.95 bits per heavy atom. The number of nitrogens with zero attached hydrogens (tertiary/aromatic N) is 2. The van der Waals surface area contributed by atoms with Crippen LogP contribution in [0.25, 0.3) is 0 Å². The summed E-state index contributed by atoms with van der Waals surface area (Å²) in [6.07, 6.45) is 2.03. The van der Waals surface area contributed by atoms with Gasteiger partial charge < -0.3 is 20.3 Å². The lowest BCUT2D eigenvalue weighted by Crippen LogP contribution is -2.48. The average molecular weight is 306 g/mol. The standard InChI is InChI=1S/C15H22N4O3/c1-11(2)22-8-5-14(20)18-12-3-4-13(17-9-12)19-7-6-16-15(21)10-19/h3-4,9,11H,5-8,10H2,1-2H3,(H,16,21)(H,18,20). The average Bonchev–Trinajstić information content (AvgIpc) is 2.47. The number of ether oxygens (including phenoxy) is 1. The van der Waals surface area contributed by atoms with Crippen molar-refractivity contribution in [1.82, 2.24) is 10.3 Å². The zero-order valence-electron chi connectivity index (χ0n) is 13.0. The molecule has 22 heavy (non-hydrogen) atoms. The molecule has 0 spiro atoms. The van der Waals surface area contributed by atoms with Gasteiger partial charge in [0.2, 0.25) is 11.8 Å². The first kappa shape index (κ1) is 16.2. The lowest BCUT2D eigenvalue weighted by molar-refractivity contribution is -0.120. The number of nitrogens with one attached hydrogen (secondary N) is 2. The first-order valence-corrected chi connectivity index (χ1v) is 7.44. The van der Waals surface area contributed by atoms with Crippen LogP contribution in [0.3, 0.4) is 0 Å². The van der Waals surface area contributed by atoms with Gasteiger partial charge in [0.15, 0.2) is 0 Å². The van der Waals surface area contributed by atoms with Gasteiger partial charge in [-0.15, -0.1) is 0 Å². The number of aromatic nitrogens is 1. The van der Waals surface area contributed by atoms with Crippen molar-refractivity contribution in [2.45, 2.75) is 26.4 Å². The van der Waals surface area contributed by atoms with E-state index in [2.05, 4.69) is 15.6 Å². The molecule has 1 aromatic rings. The van der Waals surface area contributed by atoms with Crippen LogP contribution in [-0.2, 0) is 14.3 Å². The van der Waals surface area contributed by atoms with Crippen molar-refractivity contribution in [3.8, 4) is 0 Å². The summed E-state index contributed by atoms with van der Waals surface area (Å²) in [7, 11) is 0. The van der Waals surface area contributed by atoms with Crippen LogP contribution in [0.1, 0.15) is 20.3 Å². The Balaban J connectivity index is 1.83. The summed E-state index contributed by atoms with van der Waals surface area (Å²) in [6, 6.07) is 3.59. The molecule has 2 heterocycles. The number of pyridine rings is 1. The van der Waals surface area contributed by atoms with E-state index in [1.807, 2.05) is 18.7 Å². The fraction of sp³-hybridized carbons (Fsp3) is 0.533. The predicted molar refractivity (Wildman–Crippen MR) is 83.8 cm³/mol. The summed E-state index contributed by atoms with van der Waals surface area (Å²) >= 11 is 0. The van der Waals surface area contributed by atoms with Crippen molar-refractivity contribution in [3.05, 3.63) is 18.3 Å². The van der Waals surface area contributed by atoms with E-state index in [4.69, 9.17) is 4.74 Å². The van der Waals surface area contributed by atoms with Crippen LogP contribution in [0.2, 0.25) is 0 Å². The molecular weight excluding hydrogens is 284 g/mol. The summed E-state index contributed by atoms with van der Waals surface area (Å²) in [4.78, 5) is 29.3. The summed E-state index contributed by atoms with van der Waals surface area (Å²) in [5.74, 6) is 0.624. The molecule has 0 atom stereocenters. The van der Waals surface area contributed by atoms with Gasteiger partial charge >= 0.3 is 0 Å². The Morgan fingerprint density at radius 1 is 1.50 bits per heavy atom. The zero-order chi connectivity index (χ0) is 15.9. The van der Waals surface area contributed by atoms with E-state index in [9.17, 15) is 9.59 Å². The number of amides is 2. The minimum absolute atomic E-state index is 0.00409. The van der Waals surface area contributed by atoms with Crippen molar-refractivity contribution >= 4 is 23.3 Å². The molecule has 7 heteroatoms. The van der Waals surface area contributed by atoms with Crippen molar-refractivity contribution in [1.29, 1.82) is 0 Å². The topological polar surface area (TPSA) is 83.6 Å². The fourth-order valence-corrected chi connectivity index (χ4v) is 2.09. The molecule has 0 radical (unpaired) electrons. The lowest BCUT2D eigenvalue weighted by atomic mass is 10.3. The third-order valence-electron chi connectivity index (χ3n) is 3.17. The molecule has 120 valence electrons. The molecule has 1 aliphatic rings. The highest BCUT2D eigenvalue weighted by Gasteiger charge is 2.17. The normalized spacial score (nSPS) is 14.9. The third kappa shape index (κ3) is 5.00. The van der Waals surface area contributed by atoms with Gasteiger partial charge in [-0.2, -0.15) is 0 Å². The minimum atomic E-state index is -0.104. The Bertz CT molecular complexity index is 516. The second-order valence-corrected chi connectivity index (χ2v) is 5.39. The molecule has 0 aromatic carbocycles. The van der Waals surface area contributed by atoms with Gasteiger partial charge in [0.05, 0.1) is 37.6 Å². The van der Waals surface area contributed by atoms with Gasteiger partial charge in [-0.05, 0) is 26.0 Å². The molecule has 0 saturated carbocycles. The minimum Gasteiger partial charge on any atom is -0.378 e. The summed E-state index contributed by atoms with van der Waals surface area (Å²) in [6.45, 7) is 5.93. The summed E-state index contributed by atoms with van der Waals surface area (Å²) in [5, 5.41) is 5.54. The molecular formula is C15H22N4O3. The van der Waals surface area contributed by atoms with E-state index in [0.29, 0.717) is 31.8 Å². The maximum Gasteiger partial charge on any atom is 0.239 e. The van der Waals surface area contributed by atoms with Crippen molar-refractivity contribution < 1.29 is 14.3 Å². The van der Waals surface area contributed by atoms with Crippen LogP contribution in [0.5, 0.6) is 0 Å². The fourth-order valence-electron chi connectivity index (χ4n) is 2.09. The van der Waals surface area contributed by atoms with Crippen molar-refractivity contribution in [2.24, 2.45) is 0 Å². The number of rotatable bonds is 6. The Labute approximate surface area is 130 Å². The number of carbonyl (C=O) groups is 2. The van der Waals surface area contributed by atoms with E-state index < -0.39 is 0 Å². The molecule has 2 rings (SSSR count). The SMILES string of the molecule is CC(C)OCCC(=O)Nc1ccc(N2CCNC(=O)C2)nc1. The second-order valence-electron chi connectivity index (χ2n) is 5.39. The van der Waals surface area contributed by atoms with Crippen LogP contribution >= 0.6 is 0 Å². The zero-order valence-corrected chi connectivity index (χ0v) is 13.0. The van der Waals surface area contributed by atoms with E-state index in [0.717, 1.165) is 12.4 Å². The van der Waals surface area contributed by atoms with E-state index >= 15 is 0 Å². The third-order valence-corrected chi connectivity index (χ3v) is 3.17. The van der Waals surface area contributed by atoms with E-state index in [-0.39, 0.29) is 17.9 Å². The van der Waals surface area contributed by atoms with Gasteiger partial charge in [0.25, 0.3) is 0 Å². The quantitative estimate of drug-likeness (QED) is 0.811. The number of piperazine rings is 1. The number of anilines is 2. The lowest BCUT2D eigenvalue weighted by Gasteiger charge is -2.27. The van der Waals surface area contributed by atoms with Gasteiger partial charge in [0.1, 0.15) is 5.82 Å². The van der Waals surface area contributed by atoms with Crippen LogP contribution in [0.15, 0.2) is 18.3 Å². The molecule has 0 bridgehead atoms. The molecule has 2 N–H and O–H groups in total. The molecule has 1 aromatic heterocycles.